The summed E-state index contributed by atoms with van der Waals surface area (Å²) in [6.07, 6.45) is 2.29. The maximum Gasteiger partial charge on any atom is 0.232 e. The molecule has 0 spiro atoms. The molecule has 2 rings (SSSR count). The SMILES string of the molecule is COc1ccc(CCCNCCCS(=O)(=O)Nc2cc(OC)c(OC)c(OC)c2)cc1OC. The summed E-state index contributed by atoms with van der Waals surface area (Å²) >= 11 is 0. The molecule has 0 bridgehead atoms. The average molecular weight is 483 g/mol. The summed E-state index contributed by atoms with van der Waals surface area (Å²) < 4.78 is 53.9. The smallest absolute Gasteiger partial charge is 0.232 e. The molecule has 2 N–H and O–H groups in total. The molecule has 2 aromatic carbocycles. The fraction of sp³-hybridized carbons (Fsp3) is 0.478. The predicted molar refractivity (Wildman–Crippen MR) is 129 cm³/mol. The molecule has 0 saturated heterocycles. The van der Waals surface area contributed by atoms with Gasteiger partial charge in [-0.25, -0.2) is 8.42 Å². The highest BCUT2D eigenvalue weighted by Gasteiger charge is 2.17. The Morgan fingerprint density at radius 3 is 1.91 bits per heavy atom. The zero-order valence-corrected chi connectivity index (χ0v) is 20.7. The number of sulfonamides is 1. The van der Waals surface area contributed by atoms with Crippen molar-refractivity contribution < 1.29 is 32.1 Å². The topological polar surface area (TPSA) is 104 Å². The van der Waals surface area contributed by atoms with Crippen molar-refractivity contribution >= 4 is 15.7 Å². The number of methoxy groups -OCH3 is 5. The molecular formula is C23H34N2O7S. The largest absolute Gasteiger partial charge is 0.493 e. The van der Waals surface area contributed by atoms with Crippen LogP contribution in [-0.2, 0) is 16.4 Å². The lowest BCUT2D eigenvalue weighted by Gasteiger charge is -2.15. The van der Waals surface area contributed by atoms with E-state index in [0.717, 1.165) is 24.9 Å². The van der Waals surface area contributed by atoms with Crippen LogP contribution >= 0.6 is 0 Å². The Morgan fingerprint density at radius 1 is 0.727 bits per heavy atom. The van der Waals surface area contributed by atoms with E-state index in [1.807, 2.05) is 18.2 Å². The van der Waals surface area contributed by atoms with E-state index in [-0.39, 0.29) is 5.75 Å². The molecule has 0 aliphatic heterocycles. The predicted octanol–water partition coefficient (Wildman–Crippen LogP) is 3.08. The summed E-state index contributed by atoms with van der Waals surface area (Å²) in [5.41, 5.74) is 1.51. The molecule has 0 amide bonds. The summed E-state index contributed by atoms with van der Waals surface area (Å²) in [7, 11) is 4.16. The summed E-state index contributed by atoms with van der Waals surface area (Å²) in [4.78, 5) is 0. The lowest BCUT2D eigenvalue weighted by Crippen LogP contribution is -2.23. The van der Waals surface area contributed by atoms with Crippen LogP contribution in [0.5, 0.6) is 28.7 Å². The number of hydrogen-bond acceptors (Lipinski definition) is 8. The first-order valence-electron chi connectivity index (χ1n) is 10.6. The van der Waals surface area contributed by atoms with E-state index in [9.17, 15) is 8.42 Å². The Balaban J connectivity index is 1.76. The van der Waals surface area contributed by atoms with Crippen molar-refractivity contribution in [2.75, 3.05) is 59.1 Å². The molecule has 0 radical (unpaired) electrons. The molecule has 0 heterocycles. The van der Waals surface area contributed by atoms with Crippen molar-refractivity contribution in [3.05, 3.63) is 35.9 Å². The molecule has 0 saturated carbocycles. The van der Waals surface area contributed by atoms with Crippen LogP contribution in [0.2, 0.25) is 0 Å². The van der Waals surface area contributed by atoms with E-state index in [2.05, 4.69) is 10.0 Å². The Hall–Kier alpha value is -2.85. The molecule has 184 valence electrons. The summed E-state index contributed by atoms with van der Waals surface area (Å²) in [5.74, 6) is 2.58. The van der Waals surface area contributed by atoms with E-state index < -0.39 is 10.0 Å². The highest BCUT2D eigenvalue weighted by molar-refractivity contribution is 7.92. The zero-order valence-electron chi connectivity index (χ0n) is 19.9. The fourth-order valence-electron chi connectivity index (χ4n) is 3.34. The van der Waals surface area contributed by atoms with Gasteiger partial charge < -0.3 is 29.0 Å². The first-order valence-corrected chi connectivity index (χ1v) is 12.2. The Labute approximate surface area is 196 Å². The summed E-state index contributed by atoms with van der Waals surface area (Å²) in [6.45, 7) is 1.39. The van der Waals surface area contributed by atoms with E-state index >= 15 is 0 Å². The van der Waals surface area contributed by atoms with Crippen molar-refractivity contribution in [2.24, 2.45) is 0 Å². The van der Waals surface area contributed by atoms with Gasteiger partial charge in [0.1, 0.15) is 0 Å². The molecule has 33 heavy (non-hydrogen) atoms. The quantitative estimate of drug-likeness (QED) is 0.373. The number of aryl methyl sites for hydroxylation is 1. The molecule has 9 nitrogen and oxygen atoms in total. The van der Waals surface area contributed by atoms with Gasteiger partial charge in [0.2, 0.25) is 15.8 Å². The molecule has 0 unspecified atom stereocenters. The number of benzene rings is 2. The number of anilines is 1. The lowest BCUT2D eigenvalue weighted by molar-refractivity contribution is 0.325. The lowest BCUT2D eigenvalue weighted by atomic mass is 10.1. The van der Waals surface area contributed by atoms with Crippen LogP contribution in [0.15, 0.2) is 30.3 Å². The van der Waals surface area contributed by atoms with E-state index in [0.29, 0.717) is 47.4 Å². The van der Waals surface area contributed by atoms with Gasteiger partial charge in [-0.1, -0.05) is 6.07 Å². The van der Waals surface area contributed by atoms with Crippen molar-refractivity contribution in [2.45, 2.75) is 19.3 Å². The Kier molecular flexibility index (Phi) is 10.4. The van der Waals surface area contributed by atoms with Crippen LogP contribution < -0.4 is 33.7 Å². The van der Waals surface area contributed by atoms with E-state index in [1.54, 1.807) is 26.4 Å². The number of ether oxygens (including phenoxy) is 5. The maximum atomic E-state index is 12.5. The fourth-order valence-corrected chi connectivity index (χ4v) is 4.44. The van der Waals surface area contributed by atoms with E-state index in [1.165, 1.54) is 21.3 Å². The summed E-state index contributed by atoms with van der Waals surface area (Å²) in [6, 6.07) is 9.01. The van der Waals surface area contributed by atoms with Crippen molar-refractivity contribution in [1.82, 2.24) is 5.32 Å². The molecule has 0 aliphatic carbocycles. The van der Waals surface area contributed by atoms with Crippen LogP contribution in [-0.4, -0.2) is 62.8 Å². The molecule has 0 atom stereocenters. The first-order chi connectivity index (χ1) is 15.9. The van der Waals surface area contributed by atoms with Crippen LogP contribution in [0, 0.1) is 0 Å². The minimum Gasteiger partial charge on any atom is -0.493 e. The number of rotatable bonds is 15. The molecule has 0 aromatic heterocycles. The van der Waals surface area contributed by atoms with Crippen LogP contribution in [0.4, 0.5) is 5.69 Å². The van der Waals surface area contributed by atoms with Crippen molar-refractivity contribution in [3.63, 3.8) is 0 Å². The third-order valence-electron chi connectivity index (χ3n) is 4.97. The molecule has 2 aromatic rings. The molecular weight excluding hydrogens is 448 g/mol. The highest BCUT2D eigenvalue weighted by Crippen LogP contribution is 2.40. The second-order valence-corrected chi connectivity index (χ2v) is 9.07. The van der Waals surface area contributed by atoms with Crippen LogP contribution in [0.1, 0.15) is 18.4 Å². The van der Waals surface area contributed by atoms with Gasteiger partial charge >= 0.3 is 0 Å². The standard InChI is InChI=1S/C23H34N2O7S/c1-28-19-10-9-17(14-20(19)29-2)8-6-11-24-12-7-13-33(26,27)25-18-15-21(30-3)23(32-5)22(16-18)31-4/h9-10,14-16,24-25H,6-8,11-13H2,1-5H3. The number of nitrogens with one attached hydrogen (secondary N) is 2. The Bertz CT molecular complexity index is 971. The van der Waals surface area contributed by atoms with Gasteiger partial charge in [0.05, 0.1) is 47.0 Å². The van der Waals surface area contributed by atoms with E-state index in [4.69, 9.17) is 23.7 Å². The van der Waals surface area contributed by atoms with Crippen LogP contribution in [0.3, 0.4) is 0 Å². The third-order valence-corrected chi connectivity index (χ3v) is 6.34. The minimum atomic E-state index is -3.52. The van der Waals surface area contributed by atoms with Gasteiger partial charge in [-0.2, -0.15) is 0 Å². The van der Waals surface area contributed by atoms with Crippen molar-refractivity contribution in [1.29, 1.82) is 0 Å². The van der Waals surface area contributed by atoms with Crippen LogP contribution in [0.25, 0.3) is 0 Å². The minimum absolute atomic E-state index is 0.00760. The molecule has 0 fully saturated rings. The monoisotopic (exact) mass is 482 g/mol. The molecule has 0 aliphatic rings. The molecule has 10 heteroatoms. The van der Waals surface area contributed by atoms with Gasteiger partial charge in [-0.3, -0.25) is 4.72 Å². The number of hydrogen-bond donors (Lipinski definition) is 2. The normalized spacial score (nSPS) is 11.1. The van der Waals surface area contributed by atoms with Gasteiger partial charge in [0.15, 0.2) is 23.0 Å². The average Bonchev–Trinajstić information content (AvgIpc) is 2.82. The second-order valence-electron chi connectivity index (χ2n) is 7.23. The zero-order chi connectivity index (χ0) is 24.3. The van der Waals surface area contributed by atoms with Gasteiger partial charge in [-0.05, 0) is 50.0 Å². The van der Waals surface area contributed by atoms with Gasteiger partial charge in [0.25, 0.3) is 0 Å². The highest BCUT2D eigenvalue weighted by atomic mass is 32.2. The Morgan fingerprint density at radius 2 is 1.33 bits per heavy atom. The van der Waals surface area contributed by atoms with Gasteiger partial charge in [0, 0.05) is 12.1 Å². The maximum absolute atomic E-state index is 12.5. The second kappa shape index (κ2) is 13.0. The van der Waals surface area contributed by atoms with Gasteiger partial charge in [-0.15, -0.1) is 0 Å². The van der Waals surface area contributed by atoms with Crippen molar-refractivity contribution in [3.8, 4) is 28.7 Å². The first kappa shape index (κ1) is 26.4. The third kappa shape index (κ3) is 7.90. The summed E-state index contributed by atoms with van der Waals surface area (Å²) in [5, 5.41) is 3.29.